The number of fused-ring (bicyclic) bond motifs is 7. The second kappa shape index (κ2) is 20.4. The van der Waals surface area contributed by atoms with Crippen LogP contribution in [0.2, 0.25) is 0 Å². The first-order chi connectivity index (χ1) is 51.0. The van der Waals surface area contributed by atoms with Gasteiger partial charge in [-0.1, -0.05) is 253 Å². The average Bonchev–Trinajstić information content (AvgIpc) is 1.13. The molecular weight excluding hydrogens is 1040 g/mol. The summed E-state index contributed by atoms with van der Waals surface area (Å²) in [5.74, 6) is 0. The third kappa shape index (κ3) is 8.58. The highest BCUT2D eigenvalue weighted by molar-refractivity contribution is 7.00. The van der Waals surface area contributed by atoms with Crippen LogP contribution in [-0.4, -0.2) is 11.3 Å². The SMILES string of the molecule is [2H]c1c([2H])c([2H])c(-c2ccc3c(c2)N(c2cccc(-n4c5c([2H])c([2H])c([2H])c([2H])c5c5c(-c6c([2H])c([2H])c([2H])c([2H])c6[2H])c([2H])c([2H])c([2H])c54)c2C#N)c2cc(C(C)(C)C)cc4c2B3c2ccc(-c3c([2H])c([2H])c([2H])c([2H])c3[2H])cc2N4c2c(-c3ccccc3)cc(C(C)(C)C)cc2-c2ccccc2)c([2H])c1[2H]. The van der Waals surface area contributed by atoms with Crippen LogP contribution >= 0.6 is 0 Å². The summed E-state index contributed by atoms with van der Waals surface area (Å²) in [5, 5.41) is 11.7. The summed E-state index contributed by atoms with van der Waals surface area (Å²) in [4.78, 5) is 3.99. The fourth-order valence-corrected chi connectivity index (χ4v) is 12.4. The number of aromatic nitrogens is 1. The molecule has 1 aromatic heterocycles. The number of benzene rings is 12. The van der Waals surface area contributed by atoms with Gasteiger partial charge in [0, 0.05) is 44.6 Å². The van der Waals surface area contributed by atoms with E-state index >= 15 is 0 Å². The molecule has 0 unspecified atom stereocenters. The lowest BCUT2D eigenvalue weighted by Crippen LogP contribution is -2.61. The highest BCUT2D eigenvalue weighted by Crippen LogP contribution is 2.53. The average molecular weight is 1130 g/mol. The predicted molar refractivity (Wildman–Crippen MR) is 364 cm³/mol. The molecule has 0 N–H and O–H groups in total. The summed E-state index contributed by atoms with van der Waals surface area (Å²) < 4.78 is 203. The van der Waals surface area contributed by atoms with Crippen LogP contribution in [0.5, 0.6) is 0 Å². The Labute approximate surface area is 536 Å². The van der Waals surface area contributed by atoms with Crippen LogP contribution < -0.4 is 26.2 Å². The van der Waals surface area contributed by atoms with E-state index in [0.717, 1.165) is 33.4 Å². The first kappa shape index (κ1) is 33.8. The summed E-state index contributed by atoms with van der Waals surface area (Å²) in [6.45, 7) is 11.6. The van der Waals surface area contributed by atoms with Crippen molar-refractivity contribution in [3.05, 3.63) is 289 Å². The van der Waals surface area contributed by atoms with Gasteiger partial charge in [-0.15, -0.1) is 0 Å². The zero-order valence-electron chi connectivity index (χ0n) is 69.6. The number of anilines is 6. The molecule has 0 saturated carbocycles. The standard InChI is InChI=1S/C81H63BN4/c1-80(2,3)60-48-64(56-32-18-10-19-33-56)79(65(49-60)57-34-20-11-21-35-57)86-74-47-59(54-28-14-8-15-29-54)43-45-68(74)82-67-44-42-58(53-26-12-7-13-27-53)46-73(67)85(75-50-61(81(4,5)6)51-76(86)78(75)82)71-40-25-39-70(66(71)52-83)84-69-38-23-22-36-63(69)77-62(37-24-41-72(77)84)55-30-16-9-17-31-55/h7-51H,1-6H3/i7D,8D,9D,12D,13D,14D,15D,16D,17D,22D,23D,24D,26D,27D,28D,29D,30D,31D,36D,37D,38D,41D. The van der Waals surface area contributed by atoms with Gasteiger partial charge in [-0.2, -0.15) is 5.26 Å². The molecule has 0 radical (unpaired) electrons. The van der Waals surface area contributed by atoms with Gasteiger partial charge in [-0.05, 0) is 143 Å². The number of nitriles is 1. The maximum Gasteiger partial charge on any atom is 0.252 e. The fourth-order valence-electron chi connectivity index (χ4n) is 12.4. The minimum Gasteiger partial charge on any atom is -0.310 e. The zero-order valence-corrected chi connectivity index (χ0v) is 47.6. The molecule has 0 fully saturated rings. The van der Waals surface area contributed by atoms with Crippen LogP contribution in [0.1, 0.15) is 88.4 Å². The molecule has 2 aliphatic heterocycles. The number of nitrogens with zero attached hydrogens (tertiary/aromatic N) is 4. The van der Waals surface area contributed by atoms with Crippen LogP contribution in [-0.2, 0) is 10.8 Å². The van der Waals surface area contributed by atoms with Crippen molar-refractivity contribution in [2.45, 2.75) is 52.4 Å². The van der Waals surface area contributed by atoms with Crippen molar-refractivity contribution in [3.63, 3.8) is 0 Å². The van der Waals surface area contributed by atoms with E-state index < -0.39 is 162 Å². The van der Waals surface area contributed by atoms with Gasteiger partial charge >= 0.3 is 0 Å². The molecule has 4 nitrogen and oxygen atoms in total. The van der Waals surface area contributed by atoms with E-state index in [9.17, 15) is 21.7 Å². The largest absolute Gasteiger partial charge is 0.310 e. The van der Waals surface area contributed by atoms with Crippen molar-refractivity contribution in [2.75, 3.05) is 9.80 Å². The molecule has 0 atom stereocenters. The maximum atomic E-state index is 12.4. The van der Waals surface area contributed by atoms with Gasteiger partial charge < -0.3 is 14.4 Å². The third-order valence-electron chi connectivity index (χ3n) is 16.5. The van der Waals surface area contributed by atoms with E-state index in [1.54, 1.807) is 36.4 Å². The Morgan fingerprint density at radius 3 is 1.43 bits per heavy atom. The van der Waals surface area contributed by atoms with E-state index in [-0.39, 0.29) is 61.0 Å². The first-order valence-electron chi connectivity index (χ1n) is 39.2. The number of para-hydroxylation sites is 1. The second-order valence-electron chi connectivity index (χ2n) is 23.5. The molecule has 3 heterocycles. The van der Waals surface area contributed by atoms with E-state index in [1.165, 1.54) is 10.6 Å². The second-order valence-corrected chi connectivity index (χ2v) is 23.5. The normalized spacial score (nSPS) is 16.3. The van der Waals surface area contributed by atoms with Gasteiger partial charge in [0.2, 0.25) is 0 Å². The van der Waals surface area contributed by atoms with Crippen molar-refractivity contribution in [1.29, 1.82) is 5.26 Å². The fraction of sp³-hybridized carbons (Fsp3) is 0.0988. The quantitative estimate of drug-likeness (QED) is 0.142. The Balaban J connectivity index is 1.14. The highest BCUT2D eigenvalue weighted by Gasteiger charge is 2.46. The molecule has 0 amide bonds. The topological polar surface area (TPSA) is 35.2 Å². The number of hydrogen-bond acceptors (Lipinski definition) is 3. The Kier molecular flexibility index (Phi) is 8.03. The van der Waals surface area contributed by atoms with Gasteiger partial charge in [-0.3, -0.25) is 0 Å². The number of rotatable bonds is 8. The smallest absolute Gasteiger partial charge is 0.252 e. The molecule has 5 heteroatoms. The lowest BCUT2D eigenvalue weighted by Gasteiger charge is -2.46. The molecule has 12 aromatic carbocycles. The molecule has 410 valence electrons. The van der Waals surface area contributed by atoms with Crippen LogP contribution in [0.3, 0.4) is 0 Å². The first-order valence-corrected chi connectivity index (χ1v) is 28.2. The van der Waals surface area contributed by atoms with E-state index in [4.69, 9.17) is 13.7 Å². The van der Waals surface area contributed by atoms with Crippen molar-refractivity contribution in [3.8, 4) is 67.4 Å². The van der Waals surface area contributed by atoms with Crippen LogP contribution in [0.25, 0.3) is 83.1 Å². The van der Waals surface area contributed by atoms with Gasteiger partial charge in [0.15, 0.2) is 0 Å². The Bertz CT molecular complexity index is 6070. The van der Waals surface area contributed by atoms with Crippen LogP contribution in [0.4, 0.5) is 34.1 Å². The number of hydrogen-bond donors (Lipinski definition) is 0. The maximum absolute atomic E-state index is 12.4. The van der Waals surface area contributed by atoms with Crippen molar-refractivity contribution in [2.24, 2.45) is 0 Å². The van der Waals surface area contributed by atoms with Gasteiger partial charge in [0.25, 0.3) is 6.71 Å². The Morgan fingerprint density at radius 1 is 0.384 bits per heavy atom. The molecule has 13 aromatic rings. The van der Waals surface area contributed by atoms with Crippen molar-refractivity contribution in [1.82, 2.24) is 4.57 Å². The van der Waals surface area contributed by atoms with Gasteiger partial charge in [-0.25, -0.2) is 0 Å². The molecule has 2 aliphatic rings. The molecule has 15 rings (SSSR count). The summed E-state index contributed by atoms with van der Waals surface area (Å²) in [7, 11) is 0. The van der Waals surface area contributed by atoms with Crippen molar-refractivity contribution >= 4 is 79.0 Å². The van der Waals surface area contributed by atoms with E-state index in [2.05, 4.69) is 49.9 Å². The molecular formula is C81H63BN4. The third-order valence-corrected chi connectivity index (χ3v) is 16.5. The molecule has 0 saturated heterocycles. The summed E-state index contributed by atoms with van der Waals surface area (Å²) in [6, 6.07) is 31.3. The monoisotopic (exact) mass is 1120 g/mol. The van der Waals surface area contributed by atoms with Crippen LogP contribution in [0.15, 0.2) is 272 Å². The zero-order chi connectivity index (χ0) is 77.6. The molecule has 0 aliphatic carbocycles. The van der Waals surface area contributed by atoms with Crippen molar-refractivity contribution < 1.29 is 30.2 Å². The molecule has 86 heavy (non-hydrogen) atoms. The molecule has 0 bridgehead atoms. The minimum atomic E-state index is -0.860. The highest BCUT2D eigenvalue weighted by atomic mass is 15.2. The summed E-state index contributed by atoms with van der Waals surface area (Å²) in [5.41, 5.74) is 6.11. The van der Waals surface area contributed by atoms with E-state index in [0.29, 0.717) is 44.8 Å². The summed E-state index contributed by atoms with van der Waals surface area (Å²) >= 11 is 0. The van der Waals surface area contributed by atoms with Crippen LogP contribution in [0, 0.1) is 11.3 Å². The Morgan fingerprint density at radius 2 is 0.872 bits per heavy atom. The minimum absolute atomic E-state index is 0.0588. The lowest BCUT2D eigenvalue weighted by atomic mass is 9.33. The lowest BCUT2D eigenvalue weighted by molar-refractivity contribution is 0.590. The van der Waals surface area contributed by atoms with Gasteiger partial charge in [0.1, 0.15) is 11.6 Å². The van der Waals surface area contributed by atoms with E-state index in [1.807, 2.05) is 105 Å². The molecule has 0 spiro atoms. The summed E-state index contributed by atoms with van der Waals surface area (Å²) in [6.07, 6.45) is 0. The Hall–Kier alpha value is -10.4. The predicted octanol–water partition coefficient (Wildman–Crippen LogP) is 19.7. The van der Waals surface area contributed by atoms with Gasteiger partial charge in [0.05, 0.1) is 58.3 Å².